The molecule has 1 aromatic rings. The van der Waals surface area contributed by atoms with Crippen molar-refractivity contribution in [2.45, 2.75) is 13.8 Å². The summed E-state index contributed by atoms with van der Waals surface area (Å²) in [5, 5.41) is 0. The predicted octanol–water partition coefficient (Wildman–Crippen LogP) is 2.77. The maximum absolute atomic E-state index is 5.43. The van der Waals surface area contributed by atoms with Crippen molar-refractivity contribution in [3.63, 3.8) is 0 Å². The highest BCUT2D eigenvalue weighted by molar-refractivity contribution is 5.88. The van der Waals surface area contributed by atoms with E-state index in [2.05, 4.69) is 62.0 Å². The molecule has 1 saturated heterocycles. The van der Waals surface area contributed by atoms with Gasteiger partial charge in [-0.05, 0) is 12.1 Å². The highest BCUT2D eigenvalue weighted by atomic mass is 16.5. The molecule has 2 rings (SSSR count). The van der Waals surface area contributed by atoms with Crippen LogP contribution in [0.25, 0.3) is 0 Å². The quantitative estimate of drug-likeness (QED) is 0.627. The van der Waals surface area contributed by atoms with Gasteiger partial charge in [-0.1, -0.05) is 26.0 Å². The van der Waals surface area contributed by atoms with E-state index in [1.54, 1.807) is 0 Å². The summed E-state index contributed by atoms with van der Waals surface area (Å²) >= 11 is 0. The van der Waals surface area contributed by atoms with Crippen LogP contribution in [0.4, 0.5) is 11.4 Å². The third kappa shape index (κ3) is 3.51. The molecule has 4 nitrogen and oxygen atoms in total. The third-order valence-electron chi connectivity index (χ3n) is 3.44. The molecule has 4 heteroatoms. The van der Waals surface area contributed by atoms with E-state index in [1.165, 1.54) is 5.69 Å². The van der Waals surface area contributed by atoms with Crippen molar-refractivity contribution in [2.24, 2.45) is 10.9 Å². The van der Waals surface area contributed by atoms with Crippen LogP contribution < -0.4 is 4.90 Å². The second-order valence-corrected chi connectivity index (χ2v) is 5.61. The van der Waals surface area contributed by atoms with Gasteiger partial charge < -0.3 is 14.5 Å². The molecule has 0 unspecified atom stereocenters. The zero-order valence-corrected chi connectivity index (χ0v) is 13.0. The fraction of sp³-hybridized carbons (Fsp3) is 0.562. The van der Waals surface area contributed by atoms with Gasteiger partial charge in [-0.25, -0.2) is 4.99 Å². The molecule has 1 heterocycles. The fourth-order valence-corrected chi connectivity index (χ4v) is 2.50. The normalized spacial score (nSPS) is 16.6. The summed E-state index contributed by atoms with van der Waals surface area (Å²) in [6.07, 6.45) is 0. The van der Waals surface area contributed by atoms with Gasteiger partial charge >= 0.3 is 0 Å². The van der Waals surface area contributed by atoms with Gasteiger partial charge in [0, 0.05) is 33.1 Å². The lowest BCUT2D eigenvalue weighted by molar-refractivity contribution is 0.123. The number of ether oxygens (including phenoxy) is 1. The van der Waals surface area contributed by atoms with E-state index < -0.39 is 0 Å². The molecule has 1 aromatic carbocycles. The molecule has 0 amide bonds. The minimum absolute atomic E-state index is 0.405. The Labute approximate surface area is 122 Å². The van der Waals surface area contributed by atoms with Gasteiger partial charge in [0.05, 0.1) is 24.6 Å². The first-order valence-corrected chi connectivity index (χ1v) is 7.27. The average molecular weight is 275 g/mol. The van der Waals surface area contributed by atoms with Crippen molar-refractivity contribution in [3.8, 4) is 0 Å². The molecule has 0 aromatic heterocycles. The predicted molar refractivity (Wildman–Crippen MR) is 85.1 cm³/mol. The van der Waals surface area contributed by atoms with E-state index in [4.69, 9.17) is 9.73 Å². The molecule has 20 heavy (non-hydrogen) atoms. The van der Waals surface area contributed by atoms with Crippen LogP contribution in [0.5, 0.6) is 0 Å². The third-order valence-corrected chi connectivity index (χ3v) is 3.44. The van der Waals surface area contributed by atoms with Crippen LogP contribution in [0.2, 0.25) is 0 Å². The Balaban J connectivity index is 2.33. The number of aliphatic imine (C=N–C) groups is 1. The summed E-state index contributed by atoms with van der Waals surface area (Å²) in [6, 6.07) is 8.37. The summed E-state index contributed by atoms with van der Waals surface area (Å²) in [5.41, 5.74) is 2.25. The Morgan fingerprint density at radius 3 is 2.45 bits per heavy atom. The SMILES string of the molecule is CC(C)/C(=N/c1ccccc1N1CCOCC1)N(C)C. The maximum atomic E-state index is 5.43. The number of benzene rings is 1. The zero-order valence-electron chi connectivity index (χ0n) is 13.0. The van der Waals surface area contributed by atoms with Crippen molar-refractivity contribution in [2.75, 3.05) is 45.3 Å². The number of amidine groups is 1. The Hall–Kier alpha value is -1.55. The summed E-state index contributed by atoms with van der Waals surface area (Å²) < 4.78 is 5.43. The molecular formula is C16H25N3O. The fourth-order valence-electron chi connectivity index (χ4n) is 2.50. The molecule has 1 fully saturated rings. The summed E-state index contributed by atoms with van der Waals surface area (Å²) in [7, 11) is 4.10. The highest BCUT2D eigenvalue weighted by Gasteiger charge is 2.15. The van der Waals surface area contributed by atoms with Gasteiger partial charge in [0.2, 0.25) is 0 Å². The number of anilines is 1. The number of hydrogen-bond acceptors (Lipinski definition) is 3. The van der Waals surface area contributed by atoms with E-state index in [1.807, 2.05) is 0 Å². The smallest absolute Gasteiger partial charge is 0.107 e. The maximum Gasteiger partial charge on any atom is 0.107 e. The Morgan fingerprint density at radius 2 is 1.85 bits per heavy atom. The average Bonchev–Trinajstić information content (AvgIpc) is 2.45. The van der Waals surface area contributed by atoms with Gasteiger partial charge in [-0.15, -0.1) is 0 Å². The standard InChI is InChI=1S/C16H25N3O/c1-13(2)16(18(3)4)17-14-7-5-6-8-15(14)19-9-11-20-12-10-19/h5-8,13H,9-12H2,1-4H3/b17-16-. The number of hydrogen-bond donors (Lipinski definition) is 0. The van der Waals surface area contributed by atoms with Crippen molar-refractivity contribution in [3.05, 3.63) is 24.3 Å². The van der Waals surface area contributed by atoms with Gasteiger partial charge in [0.15, 0.2) is 0 Å². The molecule has 0 aliphatic carbocycles. The van der Waals surface area contributed by atoms with Crippen LogP contribution in [0.1, 0.15) is 13.8 Å². The Morgan fingerprint density at radius 1 is 1.20 bits per heavy atom. The van der Waals surface area contributed by atoms with Crippen LogP contribution in [0, 0.1) is 5.92 Å². The molecule has 0 atom stereocenters. The minimum atomic E-state index is 0.405. The Kier molecular flexibility index (Phi) is 5.01. The van der Waals surface area contributed by atoms with Crippen LogP contribution in [0.3, 0.4) is 0 Å². The van der Waals surface area contributed by atoms with Crippen molar-refractivity contribution < 1.29 is 4.74 Å². The lowest BCUT2D eigenvalue weighted by atomic mass is 10.1. The van der Waals surface area contributed by atoms with Crippen molar-refractivity contribution >= 4 is 17.2 Å². The molecule has 0 saturated carbocycles. The number of morpholine rings is 1. The van der Waals surface area contributed by atoms with E-state index in [-0.39, 0.29) is 0 Å². The van der Waals surface area contributed by atoms with E-state index >= 15 is 0 Å². The van der Waals surface area contributed by atoms with E-state index in [9.17, 15) is 0 Å². The van der Waals surface area contributed by atoms with Crippen molar-refractivity contribution in [1.82, 2.24) is 4.90 Å². The first-order valence-electron chi connectivity index (χ1n) is 7.27. The molecular weight excluding hydrogens is 250 g/mol. The van der Waals surface area contributed by atoms with Gasteiger partial charge in [-0.2, -0.15) is 0 Å². The van der Waals surface area contributed by atoms with E-state index in [0.717, 1.165) is 37.8 Å². The van der Waals surface area contributed by atoms with Crippen molar-refractivity contribution in [1.29, 1.82) is 0 Å². The molecule has 0 radical (unpaired) electrons. The second kappa shape index (κ2) is 6.75. The van der Waals surface area contributed by atoms with Gasteiger partial charge in [0.1, 0.15) is 5.84 Å². The second-order valence-electron chi connectivity index (χ2n) is 5.61. The topological polar surface area (TPSA) is 28.1 Å². The molecule has 1 aliphatic heterocycles. The first kappa shape index (κ1) is 14.9. The number of para-hydroxylation sites is 2. The van der Waals surface area contributed by atoms with E-state index in [0.29, 0.717) is 5.92 Å². The van der Waals surface area contributed by atoms with Crippen LogP contribution in [-0.4, -0.2) is 51.1 Å². The summed E-state index contributed by atoms with van der Waals surface area (Å²) in [4.78, 5) is 9.35. The highest BCUT2D eigenvalue weighted by Crippen LogP contribution is 2.29. The molecule has 0 bridgehead atoms. The van der Waals surface area contributed by atoms with Gasteiger partial charge in [-0.3, -0.25) is 0 Å². The van der Waals surface area contributed by atoms with Crippen LogP contribution >= 0.6 is 0 Å². The monoisotopic (exact) mass is 275 g/mol. The first-order chi connectivity index (χ1) is 9.59. The minimum Gasteiger partial charge on any atom is -0.378 e. The number of nitrogens with zero attached hydrogens (tertiary/aromatic N) is 3. The summed E-state index contributed by atoms with van der Waals surface area (Å²) in [5.74, 6) is 1.51. The van der Waals surface area contributed by atoms with Crippen LogP contribution in [-0.2, 0) is 4.74 Å². The molecule has 0 N–H and O–H groups in total. The van der Waals surface area contributed by atoms with Crippen LogP contribution in [0.15, 0.2) is 29.3 Å². The number of rotatable bonds is 3. The molecule has 110 valence electrons. The molecule has 0 spiro atoms. The largest absolute Gasteiger partial charge is 0.378 e. The lowest BCUT2D eigenvalue weighted by Crippen LogP contribution is -2.36. The van der Waals surface area contributed by atoms with Gasteiger partial charge in [0.25, 0.3) is 0 Å². The summed E-state index contributed by atoms with van der Waals surface area (Å²) in [6.45, 7) is 7.81. The lowest BCUT2D eigenvalue weighted by Gasteiger charge is -2.30. The zero-order chi connectivity index (χ0) is 14.5. The Bertz CT molecular complexity index is 453. The molecule has 1 aliphatic rings.